The molecule has 4 rings (SSSR count). The molecule has 2 aliphatic rings. The van der Waals surface area contributed by atoms with E-state index in [0.717, 1.165) is 18.4 Å². The van der Waals surface area contributed by atoms with Crippen LogP contribution in [0.5, 0.6) is 0 Å². The first-order chi connectivity index (χ1) is 13.6. The van der Waals surface area contributed by atoms with Crippen LogP contribution in [-0.4, -0.2) is 53.8 Å². The molecule has 1 aromatic heterocycles. The lowest BCUT2D eigenvalue weighted by atomic mass is 9.95. The van der Waals surface area contributed by atoms with Crippen molar-refractivity contribution in [1.29, 1.82) is 0 Å². The van der Waals surface area contributed by atoms with Crippen molar-refractivity contribution in [3.8, 4) is 0 Å². The molecular weight excluding hydrogens is 376 g/mol. The van der Waals surface area contributed by atoms with Crippen LogP contribution >= 0.6 is 11.3 Å². The zero-order valence-electron chi connectivity index (χ0n) is 15.4. The van der Waals surface area contributed by atoms with E-state index in [2.05, 4.69) is 5.32 Å². The molecule has 3 heterocycles. The summed E-state index contributed by atoms with van der Waals surface area (Å²) in [7, 11) is 0. The van der Waals surface area contributed by atoms with Gasteiger partial charge in [0.25, 0.3) is 5.91 Å². The van der Waals surface area contributed by atoms with Crippen LogP contribution in [0.15, 0.2) is 47.2 Å². The van der Waals surface area contributed by atoms with Gasteiger partial charge in [0.1, 0.15) is 18.7 Å². The van der Waals surface area contributed by atoms with Gasteiger partial charge in [0, 0.05) is 18.3 Å². The molecular formula is C21H22N2O4S. The minimum absolute atomic E-state index is 0.0549. The van der Waals surface area contributed by atoms with Crippen molar-refractivity contribution in [2.75, 3.05) is 13.2 Å². The molecule has 1 N–H and O–H groups in total. The Bertz CT molecular complexity index is 853. The number of nitrogens with one attached hydrogen (secondary N) is 1. The Morgan fingerprint density at radius 2 is 2.07 bits per heavy atom. The number of piperidine rings is 1. The lowest BCUT2D eigenvalue weighted by Crippen LogP contribution is -2.58. The van der Waals surface area contributed by atoms with Gasteiger partial charge in [-0.15, -0.1) is 0 Å². The molecule has 2 aromatic rings. The van der Waals surface area contributed by atoms with Gasteiger partial charge in [-0.3, -0.25) is 14.4 Å². The van der Waals surface area contributed by atoms with Crippen molar-refractivity contribution in [2.45, 2.75) is 37.5 Å². The van der Waals surface area contributed by atoms with Gasteiger partial charge in [0.15, 0.2) is 5.78 Å². The number of ether oxygens (including phenoxy) is 1. The largest absolute Gasteiger partial charge is 0.368 e. The Morgan fingerprint density at radius 1 is 1.25 bits per heavy atom. The molecule has 0 radical (unpaired) electrons. The molecule has 0 saturated carbocycles. The maximum Gasteiger partial charge on any atom is 0.252 e. The number of fused-ring (bicyclic) bond motifs is 1. The lowest BCUT2D eigenvalue weighted by Gasteiger charge is -2.37. The summed E-state index contributed by atoms with van der Waals surface area (Å²) in [5, 5.41) is 6.46. The first-order valence-electron chi connectivity index (χ1n) is 9.45. The average molecular weight is 398 g/mol. The normalized spacial score (nSPS) is 22.6. The molecule has 3 atom stereocenters. The second-order valence-corrected chi connectivity index (χ2v) is 7.94. The Hall–Kier alpha value is -2.51. The van der Waals surface area contributed by atoms with Gasteiger partial charge in [-0.1, -0.05) is 30.3 Å². The molecule has 0 spiro atoms. The number of ketones is 1. The summed E-state index contributed by atoms with van der Waals surface area (Å²) in [4.78, 5) is 39.9. The zero-order chi connectivity index (χ0) is 19.5. The maximum atomic E-state index is 13.4. The lowest BCUT2D eigenvalue weighted by molar-refractivity contribution is -0.142. The monoisotopic (exact) mass is 398 g/mol. The standard InChI is InChI=1S/C21H22N2O4S/c24-17-12-27-18-7-4-9-23(19(17)18)21(26)16(11-14-5-2-1-3-6-14)22-20(25)15-8-10-28-13-15/h1-3,5-6,8,10,13,16,18-19H,4,7,9,11-12H2,(H,22,25)/t16-,18+,19+/m0/s1. The molecule has 7 heteroatoms. The molecule has 2 amide bonds. The number of likely N-dealkylation sites (tertiary alicyclic amines) is 1. The van der Waals surface area contributed by atoms with E-state index in [-0.39, 0.29) is 30.3 Å². The topological polar surface area (TPSA) is 75.7 Å². The molecule has 0 unspecified atom stereocenters. The van der Waals surface area contributed by atoms with Gasteiger partial charge in [-0.25, -0.2) is 0 Å². The van der Waals surface area contributed by atoms with Crippen molar-refractivity contribution in [3.05, 3.63) is 58.3 Å². The van der Waals surface area contributed by atoms with Crippen LogP contribution < -0.4 is 5.32 Å². The van der Waals surface area contributed by atoms with Crippen molar-refractivity contribution in [2.24, 2.45) is 0 Å². The summed E-state index contributed by atoms with van der Waals surface area (Å²) < 4.78 is 5.56. The van der Waals surface area contributed by atoms with Gasteiger partial charge in [0.05, 0.1) is 11.7 Å². The fourth-order valence-electron chi connectivity index (χ4n) is 3.92. The fourth-order valence-corrected chi connectivity index (χ4v) is 4.56. The first kappa shape index (κ1) is 18.8. The van der Waals surface area contributed by atoms with Crippen molar-refractivity contribution >= 4 is 28.9 Å². The van der Waals surface area contributed by atoms with Crippen molar-refractivity contribution in [1.82, 2.24) is 10.2 Å². The minimum Gasteiger partial charge on any atom is -0.368 e. The van der Waals surface area contributed by atoms with Gasteiger partial charge in [-0.05, 0) is 29.9 Å². The molecule has 28 heavy (non-hydrogen) atoms. The average Bonchev–Trinajstić information content (AvgIpc) is 3.38. The summed E-state index contributed by atoms with van der Waals surface area (Å²) in [6.45, 7) is 0.568. The third kappa shape index (κ3) is 3.86. The van der Waals surface area contributed by atoms with Crippen molar-refractivity contribution in [3.63, 3.8) is 0 Å². The van der Waals surface area contributed by atoms with E-state index in [0.29, 0.717) is 18.5 Å². The van der Waals surface area contributed by atoms with Crippen LogP contribution in [0.1, 0.15) is 28.8 Å². The number of hydrogen-bond acceptors (Lipinski definition) is 5. The highest BCUT2D eigenvalue weighted by Crippen LogP contribution is 2.27. The molecule has 146 valence electrons. The van der Waals surface area contributed by atoms with E-state index in [4.69, 9.17) is 4.74 Å². The highest BCUT2D eigenvalue weighted by Gasteiger charge is 2.45. The van der Waals surface area contributed by atoms with Gasteiger partial charge < -0.3 is 15.0 Å². The number of Topliss-reactive ketones (excluding diaryl/α,β-unsaturated/α-hetero) is 1. The summed E-state index contributed by atoms with van der Waals surface area (Å²) in [5.41, 5.74) is 1.49. The van der Waals surface area contributed by atoms with Gasteiger partial charge >= 0.3 is 0 Å². The Labute approximate surface area is 167 Å². The van der Waals surface area contributed by atoms with Crippen molar-refractivity contribution < 1.29 is 19.1 Å². The number of rotatable bonds is 5. The third-order valence-corrected chi connectivity index (χ3v) is 5.98. The number of amides is 2. The van der Waals surface area contributed by atoms with Crippen LogP contribution in [0.4, 0.5) is 0 Å². The van der Waals surface area contributed by atoms with Crippen LogP contribution in [0.3, 0.4) is 0 Å². The molecule has 2 aliphatic heterocycles. The highest BCUT2D eigenvalue weighted by atomic mass is 32.1. The molecule has 0 bridgehead atoms. The second-order valence-electron chi connectivity index (χ2n) is 7.16. The molecule has 1 aromatic carbocycles. The molecule has 2 fully saturated rings. The Kier molecular flexibility index (Phi) is 5.54. The Morgan fingerprint density at radius 3 is 2.82 bits per heavy atom. The van der Waals surface area contributed by atoms with Crippen LogP contribution in [0.2, 0.25) is 0 Å². The van der Waals surface area contributed by atoms with Gasteiger partial charge in [-0.2, -0.15) is 11.3 Å². The first-order valence-corrected chi connectivity index (χ1v) is 10.4. The summed E-state index contributed by atoms with van der Waals surface area (Å²) in [5.74, 6) is -0.556. The maximum absolute atomic E-state index is 13.4. The number of nitrogens with zero attached hydrogens (tertiary/aromatic N) is 1. The number of hydrogen-bond donors (Lipinski definition) is 1. The summed E-state index contributed by atoms with van der Waals surface area (Å²) in [6.07, 6.45) is 1.72. The number of thiophene rings is 1. The van der Waals surface area contributed by atoms with E-state index >= 15 is 0 Å². The minimum atomic E-state index is -0.734. The molecule has 6 nitrogen and oxygen atoms in total. The van der Waals surface area contributed by atoms with Crippen LogP contribution in [0, 0.1) is 0 Å². The molecule has 0 aliphatic carbocycles. The van der Waals surface area contributed by atoms with E-state index in [1.165, 1.54) is 11.3 Å². The summed E-state index contributed by atoms with van der Waals surface area (Å²) >= 11 is 1.43. The van der Waals surface area contributed by atoms with Gasteiger partial charge in [0.2, 0.25) is 5.91 Å². The third-order valence-electron chi connectivity index (χ3n) is 5.30. The van der Waals surface area contributed by atoms with Crippen LogP contribution in [-0.2, 0) is 20.7 Å². The Balaban J connectivity index is 1.57. The zero-order valence-corrected chi connectivity index (χ0v) is 16.2. The number of carbonyl (C=O) groups is 3. The predicted molar refractivity (Wildman–Crippen MR) is 105 cm³/mol. The second kappa shape index (κ2) is 8.24. The van der Waals surface area contributed by atoms with E-state index in [1.807, 2.05) is 35.7 Å². The van der Waals surface area contributed by atoms with E-state index in [1.54, 1.807) is 16.3 Å². The quantitative estimate of drug-likeness (QED) is 0.836. The predicted octanol–water partition coefficient (Wildman–Crippen LogP) is 2.05. The highest BCUT2D eigenvalue weighted by molar-refractivity contribution is 7.08. The van der Waals surface area contributed by atoms with E-state index in [9.17, 15) is 14.4 Å². The van der Waals surface area contributed by atoms with E-state index < -0.39 is 12.1 Å². The number of carbonyl (C=O) groups excluding carboxylic acids is 3. The fraction of sp³-hybridized carbons (Fsp3) is 0.381. The SMILES string of the molecule is O=C(N[C@@H](Cc1ccccc1)C(=O)N1CCC[C@H]2OCC(=O)[C@H]21)c1ccsc1. The number of benzene rings is 1. The molecule has 2 saturated heterocycles. The smallest absolute Gasteiger partial charge is 0.252 e. The van der Waals surface area contributed by atoms with Crippen LogP contribution in [0.25, 0.3) is 0 Å². The summed E-state index contributed by atoms with van der Waals surface area (Å²) in [6, 6.07) is 10.0.